The molecule has 0 fully saturated rings. The number of pyridine rings is 2. The second-order valence-electron chi connectivity index (χ2n) is 4.37. The number of methoxy groups -OCH3 is 1. The van der Waals surface area contributed by atoms with Gasteiger partial charge in [0.2, 0.25) is 5.88 Å². The summed E-state index contributed by atoms with van der Waals surface area (Å²) in [6.45, 7) is 0. The van der Waals surface area contributed by atoms with E-state index in [9.17, 15) is 4.21 Å². The SMILES string of the molecule is COc1nccc2c(Oc3ccc([S-](=N)=O)cc3)ccnc12. The lowest BCUT2D eigenvalue weighted by atomic mass is 10.2. The molecule has 0 saturated heterocycles. The Morgan fingerprint density at radius 2 is 1.77 bits per heavy atom. The molecule has 2 aromatic heterocycles. The quantitative estimate of drug-likeness (QED) is 0.745. The molecule has 3 aromatic rings. The van der Waals surface area contributed by atoms with E-state index in [1.165, 1.54) is 7.11 Å². The summed E-state index contributed by atoms with van der Waals surface area (Å²) in [7, 11) is -0.212. The van der Waals surface area contributed by atoms with E-state index in [4.69, 9.17) is 14.3 Å². The molecule has 22 heavy (non-hydrogen) atoms. The fraction of sp³-hybridized carbons (Fsp3) is 0.0667. The van der Waals surface area contributed by atoms with Crippen LogP contribution in [-0.4, -0.2) is 17.1 Å². The van der Waals surface area contributed by atoms with Crippen molar-refractivity contribution in [3.8, 4) is 17.4 Å². The summed E-state index contributed by atoms with van der Waals surface area (Å²) < 4.78 is 29.3. The molecule has 1 N–H and O–H groups in total. The molecule has 3 rings (SSSR count). The number of hydrogen-bond acceptors (Lipinski definition) is 7. The van der Waals surface area contributed by atoms with Gasteiger partial charge in [-0.1, -0.05) is 17.0 Å². The van der Waals surface area contributed by atoms with Crippen molar-refractivity contribution in [1.82, 2.24) is 9.97 Å². The highest BCUT2D eigenvalue weighted by atomic mass is 32.2. The zero-order chi connectivity index (χ0) is 15.5. The fourth-order valence-electron chi connectivity index (χ4n) is 2.02. The number of rotatable bonds is 4. The van der Waals surface area contributed by atoms with Gasteiger partial charge in [0.15, 0.2) is 0 Å². The van der Waals surface area contributed by atoms with Crippen molar-refractivity contribution in [2.75, 3.05) is 7.11 Å². The Bertz CT molecular complexity index is 884. The summed E-state index contributed by atoms with van der Waals surface area (Å²) in [5.41, 5.74) is 0.617. The van der Waals surface area contributed by atoms with E-state index in [1.54, 1.807) is 48.8 Å². The third-order valence-corrected chi connectivity index (χ3v) is 3.74. The predicted molar refractivity (Wildman–Crippen MR) is 81.6 cm³/mol. The molecule has 0 spiro atoms. The van der Waals surface area contributed by atoms with Gasteiger partial charge in [-0.2, -0.15) is 10.6 Å². The second kappa shape index (κ2) is 5.98. The first-order valence-electron chi connectivity index (χ1n) is 6.37. The molecule has 0 bridgehead atoms. The molecule has 6 nitrogen and oxygen atoms in total. The van der Waals surface area contributed by atoms with E-state index < -0.39 is 10.6 Å². The Kier molecular flexibility index (Phi) is 3.88. The number of aromatic nitrogens is 2. The van der Waals surface area contributed by atoms with E-state index in [2.05, 4.69) is 9.97 Å². The molecular weight excluding hydrogens is 302 g/mol. The number of nitrogens with zero attached hydrogens (tertiary/aromatic N) is 2. The highest BCUT2D eigenvalue weighted by Crippen LogP contribution is 2.31. The standard InChI is InChI=1S/C15H12N3O3S/c1-20-15-14-12(6-8-18-15)13(7-9-17-14)21-10-2-4-11(5-3-10)22(16)19/h2-9,16H,1H3/q-1. The van der Waals surface area contributed by atoms with Crippen LogP contribution in [0.1, 0.15) is 0 Å². The smallest absolute Gasteiger partial charge is 0.240 e. The Hall–Kier alpha value is -2.67. The van der Waals surface area contributed by atoms with Crippen LogP contribution in [0.3, 0.4) is 0 Å². The van der Waals surface area contributed by atoms with E-state index in [0.29, 0.717) is 27.8 Å². The van der Waals surface area contributed by atoms with E-state index in [1.807, 2.05) is 0 Å². The molecule has 1 aromatic carbocycles. The molecule has 112 valence electrons. The zero-order valence-electron chi connectivity index (χ0n) is 11.6. The topological polar surface area (TPSA) is 85.2 Å². The van der Waals surface area contributed by atoms with Crippen molar-refractivity contribution in [3.63, 3.8) is 0 Å². The first-order valence-corrected chi connectivity index (χ1v) is 7.52. The average molecular weight is 314 g/mol. The van der Waals surface area contributed by atoms with Crippen molar-refractivity contribution in [3.05, 3.63) is 48.8 Å². The van der Waals surface area contributed by atoms with Crippen LogP contribution in [0.2, 0.25) is 0 Å². The zero-order valence-corrected chi connectivity index (χ0v) is 12.5. The van der Waals surface area contributed by atoms with Gasteiger partial charge >= 0.3 is 0 Å². The molecule has 7 heteroatoms. The molecule has 2 heterocycles. The molecule has 0 aliphatic rings. The predicted octanol–water partition coefficient (Wildman–Crippen LogP) is 3.52. The van der Waals surface area contributed by atoms with Crippen LogP contribution in [0.25, 0.3) is 10.9 Å². The minimum atomic E-state index is -1.75. The summed E-state index contributed by atoms with van der Waals surface area (Å²) in [6, 6.07) is 10.1. The van der Waals surface area contributed by atoms with E-state index in [0.717, 1.165) is 5.39 Å². The molecule has 0 radical (unpaired) electrons. The van der Waals surface area contributed by atoms with Crippen LogP contribution in [0.15, 0.2) is 53.7 Å². The van der Waals surface area contributed by atoms with Crippen molar-refractivity contribution in [2.45, 2.75) is 4.90 Å². The Morgan fingerprint density at radius 3 is 2.45 bits per heavy atom. The molecule has 0 saturated carbocycles. The van der Waals surface area contributed by atoms with Crippen molar-refractivity contribution in [2.24, 2.45) is 0 Å². The molecule has 0 atom stereocenters. The lowest BCUT2D eigenvalue weighted by Gasteiger charge is -2.10. The maximum absolute atomic E-state index is 11.1. The average Bonchev–Trinajstić information content (AvgIpc) is 2.55. The van der Waals surface area contributed by atoms with Gasteiger partial charge in [0.25, 0.3) is 0 Å². The Balaban J connectivity index is 2.00. The largest absolute Gasteiger partial charge is 0.479 e. The Morgan fingerprint density at radius 1 is 1.05 bits per heavy atom. The van der Waals surface area contributed by atoms with Crippen LogP contribution in [0.4, 0.5) is 0 Å². The van der Waals surface area contributed by atoms with Crippen molar-refractivity contribution in [1.29, 1.82) is 4.78 Å². The normalized spacial score (nSPS) is 10.8. The lowest BCUT2D eigenvalue weighted by Crippen LogP contribution is -1.93. The van der Waals surface area contributed by atoms with Gasteiger partial charge in [0.1, 0.15) is 17.0 Å². The number of nitrogens with one attached hydrogen (secondary N) is 1. The number of benzene rings is 1. The summed E-state index contributed by atoms with van der Waals surface area (Å²) in [6.07, 6.45) is 3.25. The lowest BCUT2D eigenvalue weighted by molar-refractivity contribution is 0.402. The minimum absolute atomic E-state index is 0.429. The van der Waals surface area contributed by atoms with Crippen molar-refractivity contribution >= 4 is 21.5 Å². The third kappa shape index (κ3) is 2.71. The molecule has 0 amide bonds. The van der Waals surface area contributed by atoms with Gasteiger partial charge in [0.05, 0.1) is 12.5 Å². The number of fused-ring (bicyclic) bond motifs is 1. The van der Waals surface area contributed by atoms with Crippen LogP contribution < -0.4 is 9.47 Å². The van der Waals surface area contributed by atoms with Crippen LogP contribution in [0, 0.1) is 4.78 Å². The Labute approximate surface area is 128 Å². The van der Waals surface area contributed by atoms with Gasteiger partial charge in [-0.15, -0.1) is 0 Å². The summed E-state index contributed by atoms with van der Waals surface area (Å²) in [5.74, 6) is 1.63. The monoisotopic (exact) mass is 314 g/mol. The van der Waals surface area contributed by atoms with Crippen LogP contribution >= 0.6 is 0 Å². The molecular formula is C15H12N3O3S-. The molecule has 0 aliphatic heterocycles. The first kappa shape index (κ1) is 14.3. The van der Waals surface area contributed by atoms with Crippen LogP contribution in [0.5, 0.6) is 17.4 Å². The summed E-state index contributed by atoms with van der Waals surface area (Å²) in [5, 5.41) is 0.780. The van der Waals surface area contributed by atoms with Gasteiger partial charge in [-0.05, 0) is 24.3 Å². The second-order valence-corrected chi connectivity index (χ2v) is 5.38. The van der Waals surface area contributed by atoms with Gasteiger partial charge in [-0.3, -0.25) is 4.98 Å². The van der Waals surface area contributed by atoms with Crippen molar-refractivity contribution < 1.29 is 13.7 Å². The maximum atomic E-state index is 11.1. The maximum Gasteiger partial charge on any atom is 0.240 e. The highest BCUT2D eigenvalue weighted by molar-refractivity contribution is 7.73. The number of hydrogen-bond donors (Lipinski definition) is 1. The summed E-state index contributed by atoms with van der Waals surface area (Å²) >= 11 is 0. The number of ether oxygens (including phenoxy) is 2. The summed E-state index contributed by atoms with van der Waals surface area (Å²) in [4.78, 5) is 8.80. The van der Waals surface area contributed by atoms with Crippen LogP contribution in [-0.2, 0) is 14.8 Å². The van der Waals surface area contributed by atoms with Gasteiger partial charge in [-0.25, -0.2) is 4.98 Å². The first-order chi connectivity index (χ1) is 10.7. The van der Waals surface area contributed by atoms with E-state index >= 15 is 0 Å². The minimum Gasteiger partial charge on any atom is -0.479 e. The third-order valence-electron chi connectivity index (χ3n) is 3.04. The molecule has 0 unspecified atom stereocenters. The van der Waals surface area contributed by atoms with Gasteiger partial charge in [0, 0.05) is 12.4 Å². The molecule has 0 aliphatic carbocycles. The fourth-order valence-corrected chi connectivity index (χ4v) is 2.41. The van der Waals surface area contributed by atoms with Gasteiger partial charge < -0.3 is 18.5 Å². The van der Waals surface area contributed by atoms with E-state index in [-0.39, 0.29) is 0 Å². The highest BCUT2D eigenvalue weighted by Gasteiger charge is 2.09.